The molecule has 3 nitrogen and oxygen atoms in total. The standard InChI is InChI=1S/C11H12Br2N2O/c12-7-1-2-10(13)9(5-7)11(16)15-8-3-4-14-6-8/h1-2,5,8,14H,3-4,6H2,(H,15,16). The third-order valence-electron chi connectivity index (χ3n) is 2.57. The molecule has 5 heteroatoms. The fourth-order valence-electron chi connectivity index (χ4n) is 1.71. The van der Waals surface area contributed by atoms with Crippen molar-refractivity contribution in [2.24, 2.45) is 0 Å². The highest BCUT2D eigenvalue weighted by Crippen LogP contribution is 2.21. The van der Waals surface area contributed by atoms with Crippen LogP contribution >= 0.6 is 31.9 Å². The van der Waals surface area contributed by atoms with Gasteiger partial charge in [-0.3, -0.25) is 4.79 Å². The number of hydrogen-bond acceptors (Lipinski definition) is 2. The average molecular weight is 348 g/mol. The molecular formula is C11H12Br2N2O. The third kappa shape index (κ3) is 2.84. The number of carbonyl (C=O) groups is 1. The molecule has 1 aliphatic rings. The second-order valence-corrected chi connectivity index (χ2v) is 5.56. The second kappa shape index (κ2) is 5.29. The quantitative estimate of drug-likeness (QED) is 0.861. The van der Waals surface area contributed by atoms with Crippen molar-refractivity contribution in [3.8, 4) is 0 Å². The highest BCUT2D eigenvalue weighted by molar-refractivity contribution is 9.11. The Morgan fingerprint density at radius 2 is 2.25 bits per heavy atom. The maximum atomic E-state index is 12.0. The SMILES string of the molecule is O=C(NC1CCNC1)c1cc(Br)ccc1Br. The first-order chi connectivity index (χ1) is 7.66. The first-order valence-electron chi connectivity index (χ1n) is 5.13. The number of benzene rings is 1. The van der Waals surface area contributed by atoms with Gasteiger partial charge in [-0.25, -0.2) is 0 Å². The lowest BCUT2D eigenvalue weighted by Gasteiger charge is -2.12. The van der Waals surface area contributed by atoms with Crippen LogP contribution in [0.1, 0.15) is 16.8 Å². The summed E-state index contributed by atoms with van der Waals surface area (Å²) in [6, 6.07) is 5.84. The van der Waals surface area contributed by atoms with Crippen molar-refractivity contribution in [3.63, 3.8) is 0 Å². The van der Waals surface area contributed by atoms with Crippen LogP contribution in [0.25, 0.3) is 0 Å². The second-order valence-electron chi connectivity index (χ2n) is 3.79. The van der Waals surface area contributed by atoms with Gasteiger partial charge >= 0.3 is 0 Å². The number of hydrogen-bond donors (Lipinski definition) is 2. The van der Waals surface area contributed by atoms with Gasteiger partial charge in [-0.2, -0.15) is 0 Å². The van der Waals surface area contributed by atoms with Gasteiger partial charge in [0.15, 0.2) is 0 Å². The predicted molar refractivity (Wildman–Crippen MR) is 70.6 cm³/mol. The summed E-state index contributed by atoms with van der Waals surface area (Å²) in [4.78, 5) is 12.0. The summed E-state index contributed by atoms with van der Waals surface area (Å²) in [5.74, 6) is -0.0260. The number of halogens is 2. The van der Waals surface area contributed by atoms with Crippen LogP contribution in [0, 0.1) is 0 Å². The summed E-state index contributed by atoms with van der Waals surface area (Å²) >= 11 is 6.75. The molecule has 1 fully saturated rings. The molecule has 16 heavy (non-hydrogen) atoms. The lowest BCUT2D eigenvalue weighted by Crippen LogP contribution is -2.36. The van der Waals surface area contributed by atoms with Crippen LogP contribution in [0.2, 0.25) is 0 Å². The normalized spacial score (nSPS) is 19.8. The molecular weight excluding hydrogens is 336 g/mol. The van der Waals surface area contributed by atoms with Crippen LogP contribution in [-0.2, 0) is 0 Å². The molecule has 0 bridgehead atoms. The molecule has 0 spiro atoms. The molecule has 2 N–H and O–H groups in total. The van der Waals surface area contributed by atoms with Gasteiger partial charge < -0.3 is 10.6 Å². The molecule has 1 saturated heterocycles. The van der Waals surface area contributed by atoms with Gasteiger partial charge in [0.25, 0.3) is 5.91 Å². The van der Waals surface area contributed by atoms with E-state index in [2.05, 4.69) is 42.5 Å². The number of amides is 1. The van der Waals surface area contributed by atoms with Crippen LogP contribution in [0.4, 0.5) is 0 Å². The molecule has 0 radical (unpaired) electrons. The predicted octanol–water partition coefficient (Wildman–Crippen LogP) is 2.30. The van der Waals surface area contributed by atoms with E-state index in [0.717, 1.165) is 28.5 Å². The molecule has 1 aromatic rings. The first kappa shape index (κ1) is 12.1. The Morgan fingerprint density at radius 3 is 2.94 bits per heavy atom. The van der Waals surface area contributed by atoms with Crippen LogP contribution in [0.15, 0.2) is 27.1 Å². The minimum Gasteiger partial charge on any atom is -0.348 e. The van der Waals surface area contributed by atoms with Crippen molar-refractivity contribution >= 4 is 37.8 Å². The molecule has 0 aromatic heterocycles. The van der Waals surface area contributed by atoms with E-state index in [1.807, 2.05) is 18.2 Å². The molecule has 1 aromatic carbocycles. The molecule has 1 aliphatic heterocycles. The molecule has 86 valence electrons. The molecule has 1 unspecified atom stereocenters. The monoisotopic (exact) mass is 346 g/mol. The highest BCUT2D eigenvalue weighted by Gasteiger charge is 2.18. The van der Waals surface area contributed by atoms with Crippen LogP contribution in [-0.4, -0.2) is 25.0 Å². The Balaban J connectivity index is 2.10. The van der Waals surface area contributed by atoms with Crippen molar-refractivity contribution in [1.29, 1.82) is 0 Å². The molecule has 1 heterocycles. The van der Waals surface area contributed by atoms with E-state index in [1.165, 1.54) is 0 Å². The van der Waals surface area contributed by atoms with Gasteiger partial charge in [0, 0.05) is 21.5 Å². The summed E-state index contributed by atoms with van der Waals surface area (Å²) in [6.07, 6.45) is 0.997. The summed E-state index contributed by atoms with van der Waals surface area (Å²) in [5, 5.41) is 6.23. The Morgan fingerprint density at radius 1 is 1.44 bits per heavy atom. The Labute approximate surface area is 111 Å². The summed E-state index contributed by atoms with van der Waals surface area (Å²) in [5.41, 5.74) is 0.668. The minimum atomic E-state index is -0.0260. The maximum absolute atomic E-state index is 12.0. The average Bonchev–Trinajstić information content (AvgIpc) is 2.74. The van der Waals surface area contributed by atoms with E-state index >= 15 is 0 Å². The number of nitrogens with one attached hydrogen (secondary N) is 2. The van der Waals surface area contributed by atoms with Gasteiger partial charge in [0.1, 0.15) is 0 Å². The van der Waals surface area contributed by atoms with Crippen molar-refractivity contribution in [2.75, 3.05) is 13.1 Å². The van der Waals surface area contributed by atoms with Crippen molar-refractivity contribution in [1.82, 2.24) is 10.6 Å². The van der Waals surface area contributed by atoms with Crippen molar-refractivity contribution in [3.05, 3.63) is 32.7 Å². The molecule has 0 saturated carbocycles. The minimum absolute atomic E-state index is 0.0260. The zero-order chi connectivity index (χ0) is 11.5. The van der Waals surface area contributed by atoms with E-state index in [1.54, 1.807) is 0 Å². The van der Waals surface area contributed by atoms with E-state index in [9.17, 15) is 4.79 Å². The van der Waals surface area contributed by atoms with Crippen LogP contribution in [0.3, 0.4) is 0 Å². The molecule has 1 atom stereocenters. The summed E-state index contributed by atoms with van der Waals surface area (Å²) in [7, 11) is 0. The maximum Gasteiger partial charge on any atom is 0.252 e. The van der Waals surface area contributed by atoms with Gasteiger partial charge in [0.2, 0.25) is 0 Å². The summed E-state index contributed by atoms with van der Waals surface area (Å²) < 4.78 is 1.73. The van der Waals surface area contributed by atoms with E-state index in [-0.39, 0.29) is 11.9 Å². The Bertz CT molecular complexity index is 403. The molecule has 2 rings (SSSR count). The Kier molecular flexibility index (Phi) is 4.00. The highest BCUT2D eigenvalue weighted by atomic mass is 79.9. The first-order valence-corrected chi connectivity index (χ1v) is 6.72. The largest absolute Gasteiger partial charge is 0.348 e. The van der Waals surface area contributed by atoms with E-state index in [4.69, 9.17) is 0 Å². The molecule has 0 aliphatic carbocycles. The Hall–Kier alpha value is -0.390. The van der Waals surface area contributed by atoms with Gasteiger partial charge in [-0.05, 0) is 47.1 Å². The van der Waals surface area contributed by atoms with E-state index < -0.39 is 0 Å². The smallest absolute Gasteiger partial charge is 0.252 e. The van der Waals surface area contributed by atoms with Gasteiger partial charge in [0.05, 0.1) is 5.56 Å². The van der Waals surface area contributed by atoms with Crippen LogP contribution < -0.4 is 10.6 Å². The lowest BCUT2D eigenvalue weighted by atomic mass is 10.2. The fraction of sp³-hybridized carbons (Fsp3) is 0.364. The van der Waals surface area contributed by atoms with Gasteiger partial charge in [-0.15, -0.1) is 0 Å². The summed E-state index contributed by atoms with van der Waals surface area (Å²) in [6.45, 7) is 1.84. The molecule has 1 amide bonds. The lowest BCUT2D eigenvalue weighted by molar-refractivity contribution is 0.0939. The zero-order valence-corrected chi connectivity index (χ0v) is 11.8. The van der Waals surface area contributed by atoms with Gasteiger partial charge in [-0.1, -0.05) is 15.9 Å². The number of rotatable bonds is 2. The van der Waals surface area contributed by atoms with Crippen molar-refractivity contribution in [2.45, 2.75) is 12.5 Å². The van der Waals surface area contributed by atoms with E-state index in [0.29, 0.717) is 5.56 Å². The van der Waals surface area contributed by atoms with Crippen molar-refractivity contribution < 1.29 is 4.79 Å². The fourth-order valence-corrected chi connectivity index (χ4v) is 2.50. The topological polar surface area (TPSA) is 41.1 Å². The number of carbonyl (C=O) groups excluding carboxylic acids is 1. The zero-order valence-electron chi connectivity index (χ0n) is 8.59. The van der Waals surface area contributed by atoms with Crippen LogP contribution in [0.5, 0.6) is 0 Å². The third-order valence-corrected chi connectivity index (χ3v) is 3.75.